The zero-order valence-electron chi connectivity index (χ0n) is 11.7. The van der Waals surface area contributed by atoms with Crippen LogP contribution < -0.4 is 10.9 Å². The van der Waals surface area contributed by atoms with Crippen LogP contribution in [0.3, 0.4) is 0 Å². The summed E-state index contributed by atoms with van der Waals surface area (Å²) in [7, 11) is 0. The average molecular weight is 286 g/mol. The number of hydrogen-bond donors (Lipinski definition) is 2. The highest BCUT2D eigenvalue weighted by Crippen LogP contribution is 2.38. The SMILES string of the molecule is O=C(NCCCn1ccccc1=O)c1cc(C2CC2)[nH]n1. The molecule has 1 amide bonds. The predicted molar refractivity (Wildman–Crippen MR) is 78.2 cm³/mol. The Morgan fingerprint density at radius 3 is 3.05 bits per heavy atom. The third-order valence-electron chi connectivity index (χ3n) is 3.61. The van der Waals surface area contributed by atoms with Gasteiger partial charge in [0, 0.05) is 37.0 Å². The van der Waals surface area contributed by atoms with Gasteiger partial charge in [-0.3, -0.25) is 14.7 Å². The van der Waals surface area contributed by atoms with Crippen LogP contribution in [0.15, 0.2) is 35.3 Å². The minimum Gasteiger partial charge on any atom is -0.351 e. The molecule has 0 bridgehead atoms. The standard InChI is InChI=1S/C15H18N4O2/c20-14-4-1-2-8-19(14)9-3-7-16-15(21)13-10-12(17-18-13)11-5-6-11/h1-2,4,8,10-11H,3,5-7,9H2,(H,16,21)(H,17,18). The molecule has 2 aromatic heterocycles. The van der Waals surface area contributed by atoms with Crippen LogP contribution in [0.1, 0.15) is 41.4 Å². The van der Waals surface area contributed by atoms with E-state index in [0.717, 1.165) is 5.69 Å². The van der Waals surface area contributed by atoms with Gasteiger partial charge >= 0.3 is 0 Å². The lowest BCUT2D eigenvalue weighted by Gasteiger charge is -2.05. The van der Waals surface area contributed by atoms with Gasteiger partial charge in [-0.15, -0.1) is 0 Å². The van der Waals surface area contributed by atoms with Crippen LogP contribution >= 0.6 is 0 Å². The molecule has 110 valence electrons. The molecule has 6 heteroatoms. The normalized spacial score (nSPS) is 14.1. The Labute approximate surface area is 122 Å². The molecule has 6 nitrogen and oxygen atoms in total. The molecule has 0 radical (unpaired) electrons. The molecule has 2 aromatic rings. The maximum Gasteiger partial charge on any atom is 0.271 e. The number of aromatic amines is 1. The molecule has 0 atom stereocenters. The van der Waals surface area contributed by atoms with E-state index in [-0.39, 0.29) is 11.5 Å². The second-order valence-corrected chi connectivity index (χ2v) is 5.32. The largest absolute Gasteiger partial charge is 0.351 e. The highest BCUT2D eigenvalue weighted by atomic mass is 16.2. The van der Waals surface area contributed by atoms with Crippen LogP contribution in [-0.2, 0) is 6.54 Å². The number of rotatable bonds is 6. The van der Waals surface area contributed by atoms with Gasteiger partial charge in [0.25, 0.3) is 5.91 Å². The molecular formula is C15H18N4O2. The first-order valence-corrected chi connectivity index (χ1v) is 7.23. The Morgan fingerprint density at radius 1 is 1.43 bits per heavy atom. The van der Waals surface area contributed by atoms with Crippen LogP contribution in [0.2, 0.25) is 0 Å². The summed E-state index contributed by atoms with van der Waals surface area (Å²) < 4.78 is 1.63. The first-order valence-electron chi connectivity index (χ1n) is 7.23. The zero-order chi connectivity index (χ0) is 14.7. The van der Waals surface area contributed by atoms with Crippen molar-refractivity contribution in [1.82, 2.24) is 20.1 Å². The third-order valence-corrected chi connectivity index (χ3v) is 3.61. The topological polar surface area (TPSA) is 79.8 Å². The van der Waals surface area contributed by atoms with Crippen LogP contribution in [0.25, 0.3) is 0 Å². The highest BCUT2D eigenvalue weighted by molar-refractivity contribution is 5.92. The summed E-state index contributed by atoms with van der Waals surface area (Å²) in [5, 5.41) is 9.78. The van der Waals surface area contributed by atoms with E-state index >= 15 is 0 Å². The van der Waals surface area contributed by atoms with Crippen LogP contribution in [0, 0.1) is 0 Å². The van der Waals surface area contributed by atoms with E-state index in [9.17, 15) is 9.59 Å². The van der Waals surface area contributed by atoms with Crippen molar-refractivity contribution in [3.05, 3.63) is 52.2 Å². The van der Waals surface area contributed by atoms with Gasteiger partial charge in [0.2, 0.25) is 5.56 Å². The van der Waals surface area contributed by atoms with Crippen molar-refractivity contribution in [3.63, 3.8) is 0 Å². The minimum absolute atomic E-state index is 0.0230. The van der Waals surface area contributed by atoms with Gasteiger partial charge in [-0.2, -0.15) is 5.10 Å². The zero-order valence-corrected chi connectivity index (χ0v) is 11.7. The Hall–Kier alpha value is -2.37. The summed E-state index contributed by atoms with van der Waals surface area (Å²) in [6.45, 7) is 1.11. The van der Waals surface area contributed by atoms with Crippen molar-refractivity contribution in [2.45, 2.75) is 31.7 Å². The van der Waals surface area contributed by atoms with Gasteiger partial charge in [0.15, 0.2) is 0 Å². The summed E-state index contributed by atoms with van der Waals surface area (Å²) >= 11 is 0. The molecular weight excluding hydrogens is 268 g/mol. The highest BCUT2D eigenvalue weighted by Gasteiger charge is 2.26. The van der Waals surface area contributed by atoms with E-state index in [4.69, 9.17) is 0 Å². The maximum absolute atomic E-state index is 11.9. The fourth-order valence-corrected chi connectivity index (χ4v) is 2.24. The van der Waals surface area contributed by atoms with Gasteiger partial charge in [-0.1, -0.05) is 6.07 Å². The van der Waals surface area contributed by atoms with Crippen molar-refractivity contribution in [1.29, 1.82) is 0 Å². The number of amides is 1. The molecule has 2 heterocycles. The first-order chi connectivity index (χ1) is 10.2. The first kappa shape index (κ1) is 13.6. The number of nitrogens with zero attached hydrogens (tertiary/aromatic N) is 2. The number of carbonyl (C=O) groups is 1. The van der Waals surface area contributed by atoms with Crippen LogP contribution in [-0.4, -0.2) is 27.2 Å². The van der Waals surface area contributed by atoms with Crippen LogP contribution in [0.5, 0.6) is 0 Å². The van der Waals surface area contributed by atoms with Gasteiger partial charge in [0.1, 0.15) is 5.69 Å². The number of pyridine rings is 1. The summed E-state index contributed by atoms with van der Waals surface area (Å²) in [5.41, 5.74) is 1.47. The molecule has 1 fully saturated rings. The average Bonchev–Trinajstić information content (AvgIpc) is 3.22. The summed E-state index contributed by atoms with van der Waals surface area (Å²) in [6, 6.07) is 6.90. The molecule has 2 N–H and O–H groups in total. The van der Waals surface area contributed by atoms with E-state index in [2.05, 4.69) is 15.5 Å². The lowest BCUT2D eigenvalue weighted by Crippen LogP contribution is -2.27. The molecule has 0 saturated heterocycles. The van der Waals surface area contributed by atoms with Gasteiger partial charge in [0.05, 0.1) is 0 Å². The molecule has 1 aliphatic carbocycles. The number of aromatic nitrogens is 3. The fraction of sp³-hybridized carbons (Fsp3) is 0.400. The molecule has 21 heavy (non-hydrogen) atoms. The summed E-state index contributed by atoms with van der Waals surface area (Å²) in [6.07, 6.45) is 4.81. The van der Waals surface area contributed by atoms with Gasteiger partial charge < -0.3 is 9.88 Å². The lowest BCUT2D eigenvalue weighted by atomic mass is 10.2. The monoisotopic (exact) mass is 286 g/mol. The Bertz CT molecular complexity index is 685. The summed E-state index contributed by atoms with van der Waals surface area (Å²) in [4.78, 5) is 23.4. The number of aryl methyl sites for hydroxylation is 1. The van der Waals surface area contributed by atoms with E-state index in [0.29, 0.717) is 31.1 Å². The molecule has 3 rings (SSSR count). The fourth-order valence-electron chi connectivity index (χ4n) is 2.24. The molecule has 0 aliphatic heterocycles. The van der Waals surface area contributed by atoms with Crippen molar-refractivity contribution in [2.24, 2.45) is 0 Å². The summed E-state index contributed by atoms with van der Waals surface area (Å²) in [5.74, 6) is 0.391. The quantitative estimate of drug-likeness (QED) is 0.785. The third kappa shape index (κ3) is 3.39. The predicted octanol–water partition coefficient (Wildman–Crippen LogP) is 1.27. The number of nitrogens with one attached hydrogen (secondary N) is 2. The van der Waals surface area contributed by atoms with Crippen molar-refractivity contribution >= 4 is 5.91 Å². The van der Waals surface area contributed by atoms with Gasteiger partial charge in [-0.05, 0) is 31.4 Å². The second kappa shape index (κ2) is 5.95. The van der Waals surface area contributed by atoms with E-state index in [1.165, 1.54) is 18.9 Å². The molecule has 0 aromatic carbocycles. The Balaban J connectivity index is 1.45. The Kier molecular flexibility index (Phi) is 3.85. The molecule has 0 spiro atoms. The van der Waals surface area contributed by atoms with Crippen molar-refractivity contribution in [3.8, 4) is 0 Å². The lowest BCUT2D eigenvalue weighted by molar-refractivity contribution is 0.0947. The second-order valence-electron chi connectivity index (χ2n) is 5.32. The minimum atomic E-state index is -0.168. The Morgan fingerprint density at radius 2 is 2.29 bits per heavy atom. The van der Waals surface area contributed by atoms with E-state index in [1.54, 1.807) is 16.8 Å². The number of H-pyrrole nitrogens is 1. The maximum atomic E-state index is 11.9. The molecule has 1 aliphatic rings. The number of carbonyl (C=O) groups excluding carboxylic acids is 1. The van der Waals surface area contributed by atoms with E-state index < -0.39 is 0 Å². The van der Waals surface area contributed by atoms with Crippen molar-refractivity contribution in [2.75, 3.05) is 6.54 Å². The smallest absolute Gasteiger partial charge is 0.271 e. The molecule has 0 unspecified atom stereocenters. The van der Waals surface area contributed by atoms with E-state index in [1.807, 2.05) is 12.1 Å². The number of hydrogen-bond acceptors (Lipinski definition) is 3. The van der Waals surface area contributed by atoms with Crippen LogP contribution in [0.4, 0.5) is 0 Å². The van der Waals surface area contributed by atoms with Crippen molar-refractivity contribution < 1.29 is 4.79 Å². The molecule has 1 saturated carbocycles. The van der Waals surface area contributed by atoms with Gasteiger partial charge in [-0.25, -0.2) is 0 Å².